The van der Waals surface area contributed by atoms with Gasteiger partial charge in [0.2, 0.25) is 0 Å². The largest absolute Gasteiger partial charge is 0.350 e. The monoisotopic (exact) mass is 351 g/mol. The number of hydrogen-bond donors (Lipinski definition) is 1. The molecule has 4 nitrogen and oxygen atoms in total. The summed E-state index contributed by atoms with van der Waals surface area (Å²) in [5.41, 5.74) is 0.0452. The van der Waals surface area contributed by atoms with Gasteiger partial charge in [-0.3, -0.25) is 10.1 Å². The van der Waals surface area contributed by atoms with Crippen molar-refractivity contribution in [1.82, 2.24) is 0 Å². The molecule has 0 saturated heterocycles. The van der Waals surface area contributed by atoms with Crippen molar-refractivity contribution in [3.8, 4) is 0 Å². The summed E-state index contributed by atoms with van der Waals surface area (Å²) in [4.78, 5) is 10.9. The number of hydrogen-bond acceptors (Lipinski definition) is 3. The molecule has 0 aromatic heterocycles. The molecule has 0 aliphatic carbocycles. The smallest absolute Gasteiger partial charge is 0.292 e. The summed E-state index contributed by atoms with van der Waals surface area (Å²) in [6.45, 7) is 0.848. The van der Waals surface area contributed by atoms with Crippen LogP contribution in [0, 0.1) is 10.1 Å². The molecule has 0 heterocycles. The molecule has 0 bridgehead atoms. The number of nitro groups is 1. The van der Waals surface area contributed by atoms with Gasteiger partial charge in [-0.05, 0) is 35.2 Å². The van der Waals surface area contributed by atoms with Gasteiger partial charge in [-0.2, -0.15) is 0 Å². The highest BCUT2D eigenvalue weighted by molar-refractivity contribution is 9.10. The lowest BCUT2D eigenvalue weighted by Gasteiger charge is -2.19. The molecule has 5 heteroatoms. The first kappa shape index (κ1) is 11.7. The van der Waals surface area contributed by atoms with Gasteiger partial charge >= 0.3 is 0 Å². The summed E-state index contributed by atoms with van der Waals surface area (Å²) in [7, 11) is 0. The van der Waals surface area contributed by atoms with Crippen LogP contribution in [0.15, 0.2) is 46.9 Å². The zero-order valence-corrected chi connectivity index (χ0v) is 13.3. The van der Waals surface area contributed by atoms with E-state index in [1.165, 1.54) is 6.07 Å². The molecule has 110 valence electrons. The minimum absolute atomic E-state index is 0.162. The maximum Gasteiger partial charge on any atom is 0.292 e. The average molecular weight is 352 g/mol. The molecule has 2 aromatic carbocycles. The molecule has 2 aromatic rings. The summed E-state index contributed by atoms with van der Waals surface area (Å²) in [6.07, 6.45) is 0. The fourth-order valence-electron chi connectivity index (χ4n) is 1.90. The Morgan fingerprint density at radius 2 is 2.05 bits per heavy atom. The Hall–Kier alpha value is -1.88. The van der Waals surface area contributed by atoms with Crippen LogP contribution in [0.5, 0.6) is 0 Å². The third-order valence-electron chi connectivity index (χ3n) is 3.02. The standard InChI is InChI=1S/C16H17BrN2O2/c1-16(2,3)11-7-8-14(15(9-11)19(20)21)18-13-6-4-5-12(17)10-13/h4-10,18H,1-3H3/i1D3. The van der Waals surface area contributed by atoms with Crippen LogP contribution in [0.2, 0.25) is 0 Å². The third-order valence-corrected chi connectivity index (χ3v) is 3.51. The molecule has 0 aliphatic heterocycles. The average Bonchev–Trinajstić information content (AvgIpc) is 2.46. The topological polar surface area (TPSA) is 55.2 Å². The van der Waals surface area contributed by atoms with E-state index < -0.39 is 17.2 Å². The lowest BCUT2D eigenvalue weighted by molar-refractivity contribution is -0.384. The van der Waals surface area contributed by atoms with E-state index in [0.29, 0.717) is 16.9 Å². The van der Waals surface area contributed by atoms with E-state index in [4.69, 9.17) is 4.11 Å². The van der Waals surface area contributed by atoms with Crippen molar-refractivity contribution in [2.24, 2.45) is 0 Å². The summed E-state index contributed by atoms with van der Waals surface area (Å²) >= 11 is 3.35. The fraction of sp³-hybridized carbons (Fsp3) is 0.250. The van der Waals surface area contributed by atoms with Crippen LogP contribution >= 0.6 is 15.9 Å². The molecule has 0 fully saturated rings. The number of nitro benzene ring substituents is 1. The molecular weight excluding hydrogens is 332 g/mol. The van der Waals surface area contributed by atoms with Gasteiger partial charge in [0.15, 0.2) is 0 Å². The van der Waals surface area contributed by atoms with Gasteiger partial charge in [0.1, 0.15) is 5.69 Å². The van der Waals surface area contributed by atoms with Gasteiger partial charge in [0.05, 0.1) is 4.92 Å². The highest BCUT2D eigenvalue weighted by Gasteiger charge is 2.20. The second-order valence-corrected chi connectivity index (χ2v) is 6.17. The summed E-state index contributed by atoms with van der Waals surface area (Å²) in [5, 5.41) is 14.4. The van der Waals surface area contributed by atoms with Gasteiger partial charge in [-0.25, -0.2) is 0 Å². The molecule has 2 rings (SSSR count). The molecule has 0 aliphatic rings. The van der Waals surface area contributed by atoms with Crippen molar-refractivity contribution < 1.29 is 9.04 Å². The van der Waals surface area contributed by atoms with Gasteiger partial charge < -0.3 is 5.32 Å². The molecule has 1 N–H and O–H groups in total. The maximum absolute atomic E-state index is 11.4. The van der Waals surface area contributed by atoms with E-state index in [2.05, 4.69) is 21.2 Å². The Balaban J connectivity index is 2.46. The summed E-state index contributed by atoms with van der Waals surface area (Å²) < 4.78 is 23.8. The quantitative estimate of drug-likeness (QED) is 0.594. The SMILES string of the molecule is [2H]C([2H])([2H])C(C)(C)c1ccc(Nc2cccc(Br)c2)c([N+](=O)[O-])c1. The molecule has 0 spiro atoms. The fourth-order valence-corrected chi connectivity index (χ4v) is 2.30. The predicted octanol–water partition coefficient (Wildman–Crippen LogP) is 5.40. The van der Waals surface area contributed by atoms with Crippen LogP contribution in [-0.2, 0) is 5.41 Å². The molecular formula is C16H17BrN2O2. The van der Waals surface area contributed by atoms with Crippen LogP contribution in [0.4, 0.5) is 17.1 Å². The van der Waals surface area contributed by atoms with E-state index in [1.54, 1.807) is 38.1 Å². The summed E-state index contributed by atoms with van der Waals surface area (Å²) in [6, 6.07) is 11.7. The van der Waals surface area contributed by atoms with E-state index >= 15 is 0 Å². The Labute approximate surface area is 136 Å². The normalized spacial score (nSPS) is 14.0. The van der Waals surface area contributed by atoms with Crippen molar-refractivity contribution >= 4 is 33.0 Å². The Bertz CT molecular complexity index is 776. The lowest BCUT2D eigenvalue weighted by Crippen LogP contribution is -2.11. The van der Waals surface area contributed by atoms with Crippen LogP contribution < -0.4 is 5.32 Å². The van der Waals surface area contributed by atoms with Gasteiger partial charge in [0, 0.05) is 20.3 Å². The lowest BCUT2D eigenvalue weighted by atomic mass is 9.86. The minimum atomic E-state index is -2.26. The first-order chi connectivity index (χ1) is 11.0. The van der Waals surface area contributed by atoms with Crippen LogP contribution in [0.3, 0.4) is 0 Å². The molecule has 0 atom stereocenters. The van der Waals surface area contributed by atoms with Crippen molar-refractivity contribution in [3.63, 3.8) is 0 Å². The van der Waals surface area contributed by atoms with Crippen LogP contribution in [-0.4, -0.2) is 4.92 Å². The van der Waals surface area contributed by atoms with Crippen LogP contribution in [0.25, 0.3) is 0 Å². The third kappa shape index (κ3) is 3.82. The van der Waals surface area contributed by atoms with E-state index in [1.807, 2.05) is 12.1 Å². The molecule has 0 saturated carbocycles. The second-order valence-electron chi connectivity index (χ2n) is 5.25. The number of nitrogens with zero attached hydrogens (tertiary/aromatic N) is 1. The predicted molar refractivity (Wildman–Crippen MR) is 89.2 cm³/mol. The number of benzene rings is 2. The van der Waals surface area contributed by atoms with Crippen molar-refractivity contribution in [1.29, 1.82) is 0 Å². The zero-order chi connectivity index (χ0) is 18.1. The highest BCUT2D eigenvalue weighted by atomic mass is 79.9. The van der Waals surface area contributed by atoms with Gasteiger partial charge in [-0.15, -0.1) is 0 Å². The number of rotatable bonds is 3. The van der Waals surface area contributed by atoms with Crippen molar-refractivity contribution in [3.05, 3.63) is 62.6 Å². The van der Waals surface area contributed by atoms with E-state index in [9.17, 15) is 10.1 Å². The van der Waals surface area contributed by atoms with E-state index in [-0.39, 0.29) is 5.69 Å². The minimum Gasteiger partial charge on any atom is -0.350 e. The number of nitrogens with one attached hydrogen (secondary N) is 1. The zero-order valence-electron chi connectivity index (χ0n) is 14.7. The van der Waals surface area contributed by atoms with Gasteiger partial charge in [0.25, 0.3) is 5.69 Å². The maximum atomic E-state index is 11.4. The molecule has 0 radical (unpaired) electrons. The molecule has 0 amide bonds. The second kappa shape index (κ2) is 5.85. The number of halogens is 1. The number of anilines is 2. The Morgan fingerprint density at radius 1 is 1.29 bits per heavy atom. The Morgan fingerprint density at radius 3 is 2.67 bits per heavy atom. The first-order valence-corrected chi connectivity index (χ1v) is 7.13. The highest BCUT2D eigenvalue weighted by Crippen LogP contribution is 2.33. The van der Waals surface area contributed by atoms with Crippen LogP contribution in [0.1, 0.15) is 30.4 Å². The van der Waals surface area contributed by atoms with Crippen molar-refractivity contribution in [2.45, 2.75) is 26.1 Å². The van der Waals surface area contributed by atoms with Crippen molar-refractivity contribution in [2.75, 3.05) is 5.32 Å². The molecule has 0 unspecified atom stereocenters. The summed E-state index contributed by atoms with van der Waals surface area (Å²) in [5.74, 6) is 0. The first-order valence-electron chi connectivity index (χ1n) is 7.84. The van der Waals surface area contributed by atoms with E-state index in [0.717, 1.165) is 4.47 Å². The Kier molecular flexibility index (Phi) is 3.27. The van der Waals surface area contributed by atoms with Gasteiger partial charge in [-0.1, -0.05) is 48.8 Å². The molecule has 21 heavy (non-hydrogen) atoms.